The lowest BCUT2D eigenvalue weighted by Gasteiger charge is -2.27. The first kappa shape index (κ1) is 17.2. The van der Waals surface area contributed by atoms with Crippen LogP contribution < -0.4 is 16.0 Å². The number of aromatic nitrogens is 1. The lowest BCUT2D eigenvalue weighted by Crippen LogP contribution is -2.40. The zero-order chi connectivity index (χ0) is 18.6. The lowest BCUT2D eigenvalue weighted by atomic mass is 9.94. The molecule has 0 saturated carbocycles. The predicted octanol–water partition coefficient (Wildman–Crippen LogP) is 3.49. The van der Waals surface area contributed by atoms with Crippen LogP contribution in [0.1, 0.15) is 17.2 Å². The lowest BCUT2D eigenvalue weighted by molar-refractivity contribution is 0.250. The van der Waals surface area contributed by atoms with Crippen molar-refractivity contribution in [2.75, 3.05) is 18.4 Å². The Bertz CT molecular complexity index is 956. The molecule has 1 aliphatic heterocycles. The van der Waals surface area contributed by atoms with E-state index in [-0.39, 0.29) is 23.7 Å². The molecule has 6 nitrogen and oxygen atoms in total. The third-order valence-corrected chi connectivity index (χ3v) is 4.54. The molecule has 0 saturated heterocycles. The minimum Gasteiger partial charge on any atom is -0.354 e. The Morgan fingerprint density at radius 3 is 3.00 bits per heavy atom. The molecule has 0 fully saturated rings. The van der Waals surface area contributed by atoms with Crippen LogP contribution in [0.15, 0.2) is 59.1 Å². The quantitative estimate of drug-likeness (QED) is 0.660. The molecule has 27 heavy (non-hydrogen) atoms. The van der Waals surface area contributed by atoms with Crippen LogP contribution in [0.2, 0.25) is 0 Å². The van der Waals surface area contributed by atoms with Gasteiger partial charge in [-0.2, -0.15) is 0 Å². The Hall–Kier alpha value is -3.19. The van der Waals surface area contributed by atoms with Crippen molar-refractivity contribution in [2.45, 2.75) is 12.5 Å². The van der Waals surface area contributed by atoms with Crippen LogP contribution in [0, 0.1) is 5.82 Å². The fourth-order valence-corrected chi connectivity index (χ4v) is 3.24. The number of fused-ring (bicyclic) bond motifs is 1. The first-order valence-electron chi connectivity index (χ1n) is 8.78. The summed E-state index contributed by atoms with van der Waals surface area (Å²) in [6.45, 7) is 1.34. The Balaban J connectivity index is 1.35. The molecule has 3 aromatic rings. The number of hydrogen-bond acceptors (Lipinski definition) is 4. The van der Waals surface area contributed by atoms with Crippen molar-refractivity contribution in [3.8, 4) is 11.3 Å². The van der Waals surface area contributed by atoms with Crippen LogP contribution in [0.3, 0.4) is 0 Å². The Morgan fingerprint density at radius 1 is 1.22 bits per heavy atom. The highest BCUT2D eigenvalue weighted by molar-refractivity contribution is 5.88. The number of anilines is 1. The molecule has 0 spiro atoms. The first-order chi connectivity index (χ1) is 13.2. The van der Waals surface area contributed by atoms with Gasteiger partial charge in [0.2, 0.25) is 0 Å². The molecule has 3 N–H and O–H groups in total. The Morgan fingerprint density at radius 2 is 2.11 bits per heavy atom. The van der Waals surface area contributed by atoms with Gasteiger partial charge in [0.25, 0.3) is 0 Å². The van der Waals surface area contributed by atoms with Gasteiger partial charge >= 0.3 is 6.03 Å². The van der Waals surface area contributed by atoms with Crippen molar-refractivity contribution in [3.63, 3.8) is 0 Å². The molecule has 1 atom stereocenters. The van der Waals surface area contributed by atoms with E-state index in [9.17, 15) is 9.18 Å². The third-order valence-electron chi connectivity index (χ3n) is 4.54. The van der Waals surface area contributed by atoms with E-state index in [1.54, 1.807) is 18.2 Å². The molecule has 4 rings (SSSR count). The SMILES string of the molecule is O=C(NCC1NCCc2ccccc21)Nc1cc(-c2cccc(F)c2)on1. The standard InChI is InChI=1S/C20H19FN4O2/c21-15-6-3-5-14(10-15)18-11-19(25-27-18)24-20(26)23-12-17-16-7-2-1-4-13(16)8-9-22-17/h1-7,10-11,17,22H,8-9,12H2,(H2,23,24,25,26). The highest BCUT2D eigenvalue weighted by Crippen LogP contribution is 2.23. The zero-order valence-corrected chi connectivity index (χ0v) is 14.5. The molecule has 0 radical (unpaired) electrons. The van der Waals surface area contributed by atoms with Gasteiger partial charge in [0.15, 0.2) is 11.6 Å². The van der Waals surface area contributed by atoms with Crippen LogP contribution in [0.4, 0.5) is 15.0 Å². The summed E-state index contributed by atoms with van der Waals surface area (Å²) in [5, 5.41) is 12.7. The molecular weight excluding hydrogens is 347 g/mol. The molecule has 2 amide bonds. The van der Waals surface area contributed by atoms with Crippen LogP contribution in [-0.2, 0) is 6.42 Å². The van der Waals surface area contributed by atoms with Gasteiger partial charge in [-0.3, -0.25) is 5.32 Å². The normalized spacial score (nSPS) is 15.8. The monoisotopic (exact) mass is 366 g/mol. The van der Waals surface area contributed by atoms with Crippen molar-refractivity contribution in [1.82, 2.24) is 15.8 Å². The molecule has 0 aliphatic carbocycles. The van der Waals surface area contributed by atoms with E-state index < -0.39 is 0 Å². The number of nitrogens with one attached hydrogen (secondary N) is 3. The summed E-state index contributed by atoms with van der Waals surface area (Å²) in [5.41, 5.74) is 3.07. The van der Waals surface area contributed by atoms with E-state index in [1.165, 1.54) is 23.3 Å². The van der Waals surface area contributed by atoms with Gasteiger partial charge in [-0.25, -0.2) is 9.18 Å². The maximum Gasteiger partial charge on any atom is 0.320 e. The average Bonchev–Trinajstić information content (AvgIpc) is 3.15. The summed E-state index contributed by atoms with van der Waals surface area (Å²) in [6, 6.07) is 15.5. The number of urea groups is 1. The number of amides is 2. The molecule has 2 heterocycles. The number of nitrogens with zero attached hydrogens (tertiary/aromatic N) is 1. The molecule has 138 valence electrons. The highest BCUT2D eigenvalue weighted by atomic mass is 19.1. The minimum absolute atomic E-state index is 0.0702. The smallest absolute Gasteiger partial charge is 0.320 e. The van der Waals surface area contributed by atoms with E-state index in [2.05, 4.69) is 33.2 Å². The van der Waals surface area contributed by atoms with Gasteiger partial charge in [-0.05, 0) is 36.2 Å². The van der Waals surface area contributed by atoms with E-state index in [4.69, 9.17) is 4.52 Å². The largest absolute Gasteiger partial charge is 0.354 e. The molecule has 2 aromatic carbocycles. The summed E-state index contributed by atoms with van der Waals surface area (Å²) in [6.07, 6.45) is 0.987. The summed E-state index contributed by atoms with van der Waals surface area (Å²) >= 11 is 0. The second-order valence-electron chi connectivity index (χ2n) is 6.38. The first-order valence-corrected chi connectivity index (χ1v) is 8.78. The number of carbonyl (C=O) groups excluding carboxylic acids is 1. The van der Waals surface area contributed by atoms with Gasteiger partial charge in [-0.15, -0.1) is 0 Å². The second kappa shape index (κ2) is 7.59. The molecule has 1 aliphatic rings. The van der Waals surface area contributed by atoms with E-state index in [0.29, 0.717) is 17.9 Å². The van der Waals surface area contributed by atoms with Crippen LogP contribution in [0.5, 0.6) is 0 Å². The van der Waals surface area contributed by atoms with Crippen molar-refractivity contribution in [3.05, 3.63) is 71.5 Å². The molecule has 1 aromatic heterocycles. The van der Waals surface area contributed by atoms with Crippen molar-refractivity contribution < 1.29 is 13.7 Å². The summed E-state index contributed by atoms with van der Waals surface area (Å²) in [5.74, 6) is 0.285. The van der Waals surface area contributed by atoms with Crippen LogP contribution in [-0.4, -0.2) is 24.3 Å². The number of halogens is 1. The number of benzene rings is 2. The maximum absolute atomic E-state index is 13.3. The van der Waals surface area contributed by atoms with Gasteiger partial charge in [-0.1, -0.05) is 41.6 Å². The number of carbonyl (C=O) groups is 1. The van der Waals surface area contributed by atoms with Crippen molar-refractivity contribution in [2.24, 2.45) is 0 Å². The third kappa shape index (κ3) is 3.98. The predicted molar refractivity (Wildman–Crippen MR) is 99.8 cm³/mol. The highest BCUT2D eigenvalue weighted by Gasteiger charge is 2.19. The van der Waals surface area contributed by atoms with E-state index >= 15 is 0 Å². The minimum atomic E-state index is -0.376. The van der Waals surface area contributed by atoms with Gasteiger partial charge in [0.05, 0.1) is 0 Å². The van der Waals surface area contributed by atoms with E-state index in [0.717, 1.165) is 13.0 Å². The molecule has 1 unspecified atom stereocenters. The summed E-state index contributed by atoms with van der Waals surface area (Å²) in [4.78, 5) is 12.2. The Labute approximate surface area is 155 Å². The molecular formula is C20H19FN4O2. The average molecular weight is 366 g/mol. The maximum atomic E-state index is 13.3. The zero-order valence-electron chi connectivity index (χ0n) is 14.5. The second-order valence-corrected chi connectivity index (χ2v) is 6.38. The van der Waals surface area contributed by atoms with Crippen LogP contribution in [0.25, 0.3) is 11.3 Å². The fraction of sp³-hybridized carbons (Fsp3) is 0.200. The summed E-state index contributed by atoms with van der Waals surface area (Å²) < 4.78 is 18.5. The van der Waals surface area contributed by atoms with Crippen molar-refractivity contribution in [1.29, 1.82) is 0 Å². The number of rotatable bonds is 4. The number of hydrogen-bond donors (Lipinski definition) is 3. The van der Waals surface area contributed by atoms with Crippen LogP contribution >= 0.6 is 0 Å². The van der Waals surface area contributed by atoms with E-state index in [1.807, 2.05) is 12.1 Å². The Kier molecular flexibility index (Phi) is 4.84. The van der Waals surface area contributed by atoms with Gasteiger partial charge in [0, 0.05) is 24.2 Å². The van der Waals surface area contributed by atoms with Crippen molar-refractivity contribution >= 4 is 11.8 Å². The summed E-state index contributed by atoms with van der Waals surface area (Å²) in [7, 11) is 0. The molecule has 0 bridgehead atoms. The van der Waals surface area contributed by atoms with Gasteiger partial charge < -0.3 is 15.2 Å². The fourth-order valence-electron chi connectivity index (χ4n) is 3.24. The molecule has 7 heteroatoms. The topological polar surface area (TPSA) is 79.2 Å². The van der Waals surface area contributed by atoms with Gasteiger partial charge in [0.1, 0.15) is 5.82 Å².